The molecule has 84 valence electrons. The summed E-state index contributed by atoms with van der Waals surface area (Å²) < 4.78 is 5.41. The molecule has 1 aromatic carbocycles. The van der Waals surface area contributed by atoms with Gasteiger partial charge in [0.2, 0.25) is 0 Å². The quantitative estimate of drug-likeness (QED) is 0.529. The van der Waals surface area contributed by atoms with E-state index in [0.717, 1.165) is 37.2 Å². The summed E-state index contributed by atoms with van der Waals surface area (Å²) in [4.78, 5) is 12.1. The first-order valence-electron chi connectivity index (χ1n) is 5.77. The van der Waals surface area contributed by atoms with Gasteiger partial charge in [0, 0.05) is 5.56 Å². The zero-order valence-electron chi connectivity index (χ0n) is 9.38. The number of carbonyl (C=O) groups excluding carboxylic acids is 1. The molecule has 2 heterocycles. The SMILES string of the molecule is Cc1cccc2c1C1(CCNCC1)C(=O)O2. The van der Waals surface area contributed by atoms with Gasteiger partial charge in [-0.3, -0.25) is 4.79 Å². The van der Waals surface area contributed by atoms with Crippen LogP contribution in [0.25, 0.3) is 0 Å². The van der Waals surface area contributed by atoms with E-state index in [2.05, 4.69) is 18.3 Å². The molecule has 0 bridgehead atoms. The molecule has 3 rings (SSSR count). The second-order valence-corrected chi connectivity index (χ2v) is 4.67. The zero-order valence-corrected chi connectivity index (χ0v) is 9.38. The lowest BCUT2D eigenvalue weighted by Gasteiger charge is -2.31. The van der Waals surface area contributed by atoms with Crippen molar-refractivity contribution in [1.82, 2.24) is 5.32 Å². The summed E-state index contributed by atoms with van der Waals surface area (Å²) in [5, 5.41) is 3.30. The molecule has 0 radical (unpaired) electrons. The maximum Gasteiger partial charge on any atom is 0.322 e. The molecule has 0 amide bonds. The first-order chi connectivity index (χ1) is 7.74. The van der Waals surface area contributed by atoms with Crippen LogP contribution in [0.3, 0.4) is 0 Å². The van der Waals surface area contributed by atoms with Crippen molar-refractivity contribution in [1.29, 1.82) is 0 Å². The standard InChI is InChI=1S/C13H15NO2/c1-9-3-2-4-10-11(9)13(12(15)16-10)5-7-14-8-6-13/h2-4,14H,5-8H2,1H3. The highest BCUT2D eigenvalue weighted by atomic mass is 16.5. The second-order valence-electron chi connectivity index (χ2n) is 4.67. The predicted octanol–water partition coefficient (Wildman–Crippen LogP) is 1.54. The van der Waals surface area contributed by atoms with Gasteiger partial charge in [-0.1, -0.05) is 12.1 Å². The van der Waals surface area contributed by atoms with Crippen molar-refractivity contribution in [2.75, 3.05) is 13.1 Å². The molecule has 0 saturated carbocycles. The topological polar surface area (TPSA) is 38.3 Å². The van der Waals surface area contributed by atoms with Crippen LogP contribution in [0.5, 0.6) is 5.75 Å². The van der Waals surface area contributed by atoms with E-state index in [1.165, 1.54) is 5.56 Å². The lowest BCUT2D eigenvalue weighted by atomic mass is 9.73. The Morgan fingerprint density at radius 3 is 2.81 bits per heavy atom. The van der Waals surface area contributed by atoms with Crippen molar-refractivity contribution < 1.29 is 9.53 Å². The normalized spacial score (nSPS) is 21.9. The predicted molar refractivity (Wildman–Crippen MR) is 60.6 cm³/mol. The Labute approximate surface area is 94.8 Å². The van der Waals surface area contributed by atoms with E-state index >= 15 is 0 Å². The zero-order chi connectivity index (χ0) is 11.2. The fourth-order valence-corrected chi connectivity index (χ4v) is 2.95. The number of fused-ring (bicyclic) bond motifs is 2. The molecule has 2 aliphatic heterocycles. The number of ether oxygens (including phenoxy) is 1. The summed E-state index contributed by atoms with van der Waals surface area (Å²) in [6, 6.07) is 5.91. The molecule has 2 aliphatic rings. The van der Waals surface area contributed by atoms with E-state index in [9.17, 15) is 4.79 Å². The van der Waals surface area contributed by atoms with Crippen LogP contribution in [-0.4, -0.2) is 19.1 Å². The molecule has 3 heteroatoms. The lowest BCUT2D eigenvalue weighted by molar-refractivity contribution is -0.139. The van der Waals surface area contributed by atoms with E-state index in [0.29, 0.717) is 0 Å². The fraction of sp³-hybridized carbons (Fsp3) is 0.462. The van der Waals surface area contributed by atoms with Gasteiger partial charge in [0.05, 0.1) is 5.41 Å². The highest BCUT2D eigenvalue weighted by Crippen LogP contribution is 2.46. The molecule has 16 heavy (non-hydrogen) atoms. The van der Waals surface area contributed by atoms with Gasteiger partial charge in [0.15, 0.2) is 0 Å². The molecule has 0 aromatic heterocycles. The Hall–Kier alpha value is -1.35. The molecule has 0 unspecified atom stereocenters. The maximum absolute atomic E-state index is 12.1. The Morgan fingerprint density at radius 2 is 2.06 bits per heavy atom. The molecule has 1 fully saturated rings. The number of aryl methyl sites for hydroxylation is 1. The maximum atomic E-state index is 12.1. The molecule has 3 nitrogen and oxygen atoms in total. The van der Waals surface area contributed by atoms with Crippen LogP contribution in [0.1, 0.15) is 24.0 Å². The number of carbonyl (C=O) groups is 1. The summed E-state index contributed by atoms with van der Waals surface area (Å²) in [5.41, 5.74) is 1.93. The van der Waals surface area contributed by atoms with Crippen LogP contribution < -0.4 is 10.1 Å². The van der Waals surface area contributed by atoms with Crippen molar-refractivity contribution in [3.8, 4) is 5.75 Å². The molecular weight excluding hydrogens is 202 g/mol. The van der Waals surface area contributed by atoms with Crippen molar-refractivity contribution in [3.63, 3.8) is 0 Å². The number of rotatable bonds is 0. The third-order valence-corrected chi connectivity index (χ3v) is 3.76. The minimum absolute atomic E-state index is 0.0571. The lowest BCUT2D eigenvalue weighted by Crippen LogP contribution is -2.44. The number of piperidine rings is 1. The number of hydrogen-bond acceptors (Lipinski definition) is 3. The summed E-state index contributed by atoms with van der Waals surface area (Å²) in [6.07, 6.45) is 1.70. The fourth-order valence-electron chi connectivity index (χ4n) is 2.95. The van der Waals surface area contributed by atoms with E-state index < -0.39 is 0 Å². The molecule has 1 saturated heterocycles. The van der Waals surface area contributed by atoms with Crippen LogP contribution in [0.4, 0.5) is 0 Å². The molecule has 1 N–H and O–H groups in total. The largest absolute Gasteiger partial charge is 0.426 e. The van der Waals surface area contributed by atoms with E-state index in [-0.39, 0.29) is 11.4 Å². The summed E-state index contributed by atoms with van der Waals surface area (Å²) in [6.45, 7) is 3.84. The average Bonchev–Trinajstić information content (AvgIpc) is 2.55. The Balaban J connectivity index is 2.17. The van der Waals surface area contributed by atoms with Gasteiger partial charge in [-0.2, -0.15) is 0 Å². The summed E-state index contributed by atoms with van der Waals surface area (Å²) >= 11 is 0. The molecule has 0 aliphatic carbocycles. The van der Waals surface area contributed by atoms with Gasteiger partial charge >= 0.3 is 5.97 Å². The van der Waals surface area contributed by atoms with E-state index in [4.69, 9.17) is 4.74 Å². The molecule has 0 atom stereocenters. The number of esters is 1. The Kier molecular flexibility index (Phi) is 2.04. The third-order valence-electron chi connectivity index (χ3n) is 3.76. The van der Waals surface area contributed by atoms with Crippen LogP contribution in [-0.2, 0) is 10.2 Å². The third kappa shape index (κ3) is 1.15. The van der Waals surface area contributed by atoms with Crippen LogP contribution in [0, 0.1) is 6.92 Å². The van der Waals surface area contributed by atoms with Gasteiger partial charge in [0.1, 0.15) is 5.75 Å². The number of hydrogen-bond donors (Lipinski definition) is 1. The van der Waals surface area contributed by atoms with E-state index in [1.807, 2.05) is 12.1 Å². The van der Waals surface area contributed by atoms with Gasteiger partial charge in [-0.15, -0.1) is 0 Å². The Morgan fingerprint density at radius 1 is 1.31 bits per heavy atom. The van der Waals surface area contributed by atoms with Crippen molar-refractivity contribution >= 4 is 5.97 Å². The van der Waals surface area contributed by atoms with Crippen molar-refractivity contribution in [2.45, 2.75) is 25.2 Å². The molecule has 1 aromatic rings. The highest BCUT2D eigenvalue weighted by molar-refractivity contribution is 5.91. The minimum Gasteiger partial charge on any atom is -0.426 e. The second kappa shape index (κ2) is 3.32. The van der Waals surface area contributed by atoms with Crippen LogP contribution >= 0.6 is 0 Å². The molecule has 1 spiro atoms. The van der Waals surface area contributed by atoms with E-state index in [1.54, 1.807) is 0 Å². The number of nitrogens with one attached hydrogen (secondary N) is 1. The first-order valence-corrected chi connectivity index (χ1v) is 5.77. The van der Waals surface area contributed by atoms with Gasteiger partial charge in [0.25, 0.3) is 0 Å². The van der Waals surface area contributed by atoms with Gasteiger partial charge < -0.3 is 10.1 Å². The minimum atomic E-state index is -0.369. The van der Waals surface area contributed by atoms with Gasteiger partial charge in [-0.05, 0) is 44.5 Å². The summed E-state index contributed by atoms with van der Waals surface area (Å²) in [5.74, 6) is 0.713. The monoisotopic (exact) mass is 217 g/mol. The average molecular weight is 217 g/mol. The van der Waals surface area contributed by atoms with Crippen molar-refractivity contribution in [2.24, 2.45) is 0 Å². The number of benzene rings is 1. The summed E-state index contributed by atoms with van der Waals surface area (Å²) in [7, 11) is 0. The van der Waals surface area contributed by atoms with Crippen LogP contribution in [0.2, 0.25) is 0 Å². The Bertz CT molecular complexity index is 447. The van der Waals surface area contributed by atoms with Crippen LogP contribution in [0.15, 0.2) is 18.2 Å². The first kappa shape index (κ1) is 9.85. The van der Waals surface area contributed by atoms with Crippen molar-refractivity contribution in [3.05, 3.63) is 29.3 Å². The highest BCUT2D eigenvalue weighted by Gasteiger charge is 2.50. The smallest absolute Gasteiger partial charge is 0.322 e. The van der Waals surface area contributed by atoms with Gasteiger partial charge in [-0.25, -0.2) is 0 Å². The molecular formula is C13H15NO2.